The predicted molar refractivity (Wildman–Crippen MR) is 74.2 cm³/mol. The third-order valence-corrected chi connectivity index (χ3v) is 3.00. The molecule has 0 heterocycles. The average molecular weight is 275 g/mol. The Kier molecular flexibility index (Phi) is 5.21. The molecule has 0 aliphatic carbocycles. The van der Waals surface area contributed by atoms with Crippen LogP contribution in [0.25, 0.3) is 0 Å². The number of nitro benzene ring substituents is 1. The second kappa shape index (κ2) is 6.66. The molecular formula is C14H17N3O3. The molecule has 0 atom stereocenters. The van der Waals surface area contributed by atoms with Gasteiger partial charge in [0.15, 0.2) is 0 Å². The fraction of sp³-hybridized carbons (Fsp3) is 0.429. The number of nitro groups is 1. The average Bonchev–Trinajstić information content (AvgIpc) is 2.38. The van der Waals surface area contributed by atoms with Gasteiger partial charge in [-0.3, -0.25) is 14.9 Å². The van der Waals surface area contributed by atoms with Crippen molar-refractivity contribution in [2.24, 2.45) is 0 Å². The van der Waals surface area contributed by atoms with Crippen molar-refractivity contribution in [2.75, 3.05) is 6.54 Å². The molecule has 0 saturated carbocycles. The van der Waals surface area contributed by atoms with E-state index in [9.17, 15) is 14.9 Å². The number of amides is 1. The molecule has 1 aromatic rings. The van der Waals surface area contributed by atoms with Gasteiger partial charge in [0.25, 0.3) is 11.6 Å². The van der Waals surface area contributed by atoms with Crippen LogP contribution in [0.5, 0.6) is 0 Å². The lowest BCUT2D eigenvalue weighted by Crippen LogP contribution is -2.38. The quantitative estimate of drug-likeness (QED) is 0.610. The number of carbonyl (C=O) groups is 1. The molecule has 20 heavy (non-hydrogen) atoms. The summed E-state index contributed by atoms with van der Waals surface area (Å²) in [5.41, 5.74) is 0.959. The molecule has 0 bridgehead atoms. The molecule has 0 N–H and O–H groups in total. The second-order valence-electron chi connectivity index (χ2n) is 4.76. The maximum absolute atomic E-state index is 12.4. The zero-order valence-electron chi connectivity index (χ0n) is 11.8. The first-order valence-corrected chi connectivity index (χ1v) is 6.31. The van der Waals surface area contributed by atoms with E-state index in [0.29, 0.717) is 17.7 Å². The van der Waals surface area contributed by atoms with Crippen molar-refractivity contribution in [1.82, 2.24) is 4.90 Å². The third kappa shape index (κ3) is 3.54. The van der Waals surface area contributed by atoms with Gasteiger partial charge in [-0.25, -0.2) is 0 Å². The van der Waals surface area contributed by atoms with E-state index in [2.05, 4.69) is 0 Å². The molecule has 106 valence electrons. The van der Waals surface area contributed by atoms with E-state index >= 15 is 0 Å². The molecule has 0 fully saturated rings. The highest BCUT2D eigenvalue weighted by Crippen LogP contribution is 2.19. The Morgan fingerprint density at radius 1 is 1.50 bits per heavy atom. The number of nitriles is 1. The van der Waals surface area contributed by atoms with E-state index in [-0.39, 0.29) is 24.1 Å². The summed E-state index contributed by atoms with van der Waals surface area (Å²) in [6.07, 6.45) is 0.260. The van der Waals surface area contributed by atoms with Crippen molar-refractivity contribution >= 4 is 11.6 Å². The van der Waals surface area contributed by atoms with Gasteiger partial charge in [-0.2, -0.15) is 5.26 Å². The first-order valence-electron chi connectivity index (χ1n) is 6.31. The Morgan fingerprint density at radius 2 is 2.15 bits per heavy atom. The van der Waals surface area contributed by atoms with E-state index in [1.165, 1.54) is 18.2 Å². The van der Waals surface area contributed by atoms with Gasteiger partial charge in [0.1, 0.15) is 0 Å². The van der Waals surface area contributed by atoms with Gasteiger partial charge >= 0.3 is 0 Å². The van der Waals surface area contributed by atoms with Crippen LogP contribution in [0.4, 0.5) is 5.69 Å². The maximum atomic E-state index is 12.4. The van der Waals surface area contributed by atoms with E-state index in [4.69, 9.17) is 5.26 Å². The summed E-state index contributed by atoms with van der Waals surface area (Å²) in [5.74, 6) is -0.206. The van der Waals surface area contributed by atoms with Crippen LogP contribution in [-0.4, -0.2) is 28.3 Å². The smallest absolute Gasteiger partial charge is 0.269 e. The predicted octanol–water partition coefficient (Wildman–Crippen LogP) is 2.67. The number of hydrogen-bond acceptors (Lipinski definition) is 4. The van der Waals surface area contributed by atoms with Crippen molar-refractivity contribution in [2.45, 2.75) is 33.2 Å². The molecule has 6 nitrogen and oxygen atoms in total. The number of carbonyl (C=O) groups excluding carboxylic acids is 1. The minimum absolute atomic E-state index is 0.0350. The van der Waals surface area contributed by atoms with Gasteiger partial charge in [0.2, 0.25) is 0 Å². The fourth-order valence-electron chi connectivity index (χ4n) is 1.92. The largest absolute Gasteiger partial charge is 0.335 e. The molecule has 1 amide bonds. The van der Waals surface area contributed by atoms with Crippen LogP contribution in [0, 0.1) is 28.4 Å². The summed E-state index contributed by atoms with van der Waals surface area (Å²) in [6.45, 7) is 5.76. The monoisotopic (exact) mass is 275 g/mol. The molecule has 1 aromatic carbocycles. The van der Waals surface area contributed by atoms with Crippen LogP contribution in [0.2, 0.25) is 0 Å². The number of rotatable bonds is 5. The van der Waals surface area contributed by atoms with Crippen molar-refractivity contribution in [3.63, 3.8) is 0 Å². The third-order valence-electron chi connectivity index (χ3n) is 3.00. The highest BCUT2D eigenvalue weighted by atomic mass is 16.6. The number of hydrogen-bond donors (Lipinski definition) is 0. The lowest BCUT2D eigenvalue weighted by atomic mass is 10.1. The lowest BCUT2D eigenvalue weighted by Gasteiger charge is -2.26. The molecule has 6 heteroatoms. The molecule has 0 spiro atoms. The number of aryl methyl sites for hydroxylation is 1. The van der Waals surface area contributed by atoms with Crippen LogP contribution in [0.1, 0.15) is 36.2 Å². The van der Waals surface area contributed by atoms with E-state index in [0.717, 1.165) is 0 Å². The number of nitrogens with zero attached hydrogens (tertiary/aromatic N) is 3. The Hall–Kier alpha value is -2.42. The van der Waals surface area contributed by atoms with Crippen LogP contribution >= 0.6 is 0 Å². The zero-order chi connectivity index (χ0) is 15.3. The first-order chi connectivity index (χ1) is 9.38. The van der Waals surface area contributed by atoms with Gasteiger partial charge in [-0.15, -0.1) is 0 Å². The van der Waals surface area contributed by atoms with E-state index in [1.54, 1.807) is 11.8 Å². The van der Waals surface area contributed by atoms with Crippen molar-refractivity contribution in [3.8, 4) is 6.07 Å². The van der Waals surface area contributed by atoms with E-state index < -0.39 is 4.92 Å². The lowest BCUT2D eigenvalue weighted by molar-refractivity contribution is -0.384. The topological polar surface area (TPSA) is 87.2 Å². The minimum atomic E-state index is -0.489. The summed E-state index contributed by atoms with van der Waals surface area (Å²) < 4.78 is 0. The Labute approximate surface area is 117 Å². The molecule has 0 aromatic heterocycles. The highest BCUT2D eigenvalue weighted by Gasteiger charge is 2.21. The normalized spacial score (nSPS) is 10.2. The van der Waals surface area contributed by atoms with Crippen LogP contribution in [-0.2, 0) is 0 Å². The number of benzene rings is 1. The molecule has 0 saturated heterocycles. The van der Waals surface area contributed by atoms with Gasteiger partial charge in [-0.1, -0.05) is 0 Å². The van der Waals surface area contributed by atoms with Crippen molar-refractivity contribution in [3.05, 3.63) is 39.4 Å². The molecule has 0 aliphatic heterocycles. The Bertz CT molecular complexity index is 561. The van der Waals surface area contributed by atoms with Gasteiger partial charge < -0.3 is 4.90 Å². The van der Waals surface area contributed by atoms with Gasteiger partial charge in [0.05, 0.1) is 17.4 Å². The molecule has 0 unspecified atom stereocenters. The van der Waals surface area contributed by atoms with Gasteiger partial charge in [-0.05, 0) is 32.4 Å². The standard InChI is InChI=1S/C14H17N3O3/c1-10(2)16(8-4-7-15)14(18)13-6-5-12(17(19)20)9-11(13)3/h5-6,9-10H,4,8H2,1-3H3. The van der Waals surface area contributed by atoms with Crippen LogP contribution in [0.15, 0.2) is 18.2 Å². The van der Waals surface area contributed by atoms with Crippen LogP contribution < -0.4 is 0 Å². The Morgan fingerprint density at radius 3 is 2.60 bits per heavy atom. The summed E-state index contributed by atoms with van der Waals surface area (Å²) in [7, 11) is 0. The van der Waals surface area contributed by atoms with E-state index in [1.807, 2.05) is 19.9 Å². The SMILES string of the molecule is Cc1cc([N+](=O)[O-])ccc1C(=O)N(CCC#N)C(C)C. The Balaban J connectivity index is 3.06. The van der Waals surface area contributed by atoms with Crippen molar-refractivity contribution in [1.29, 1.82) is 5.26 Å². The molecular weight excluding hydrogens is 258 g/mol. The molecule has 0 aliphatic rings. The highest BCUT2D eigenvalue weighted by molar-refractivity contribution is 5.96. The summed E-state index contributed by atoms with van der Waals surface area (Å²) in [5, 5.41) is 19.3. The van der Waals surface area contributed by atoms with Crippen molar-refractivity contribution < 1.29 is 9.72 Å². The molecule has 1 rings (SSSR count). The molecule has 0 radical (unpaired) electrons. The summed E-state index contributed by atoms with van der Waals surface area (Å²) in [6, 6.07) is 6.16. The van der Waals surface area contributed by atoms with Crippen LogP contribution in [0.3, 0.4) is 0 Å². The number of non-ortho nitro benzene ring substituents is 1. The first kappa shape index (κ1) is 15.6. The zero-order valence-corrected chi connectivity index (χ0v) is 11.8. The fourth-order valence-corrected chi connectivity index (χ4v) is 1.92. The minimum Gasteiger partial charge on any atom is -0.335 e. The van der Waals surface area contributed by atoms with Gasteiger partial charge in [0, 0.05) is 30.3 Å². The summed E-state index contributed by atoms with van der Waals surface area (Å²) in [4.78, 5) is 24.2. The maximum Gasteiger partial charge on any atom is 0.269 e. The summed E-state index contributed by atoms with van der Waals surface area (Å²) >= 11 is 0. The second-order valence-corrected chi connectivity index (χ2v) is 4.76.